The maximum Gasteiger partial charge on any atom is 0.139 e. The number of imidazole rings is 1. The van der Waals surface area contributed by atoms with Crippen molar-refractivity contribution in [2.45, 2.75) is 0 Å². The lowest BCUT2D eigenvalue weighted by Gasteiger charge is -2.24. The van der Waals surface area contributed by atoms with Gasteiger partial charge in [0, 0.05) is 70.3 Å². The number of hydrogen-bond donors (Lipinski definition) is 3. The van der Waals surface area contributed by atoms with Crippen LogP contribution in [-0.2, 0) is 0 Å². The van der Waals surface area contributed by atoms with Crippen LogP contribution in [-0.4, -0.2) is 45.8 Å². The van der Waals surface area contributed by atoms with Crippen LogP contribution >= 0.6 is 11.3 Å². The van der Waals surface area contributed by atoms with E-state index in [4.69, 9.17) is 19.6 Å². The van der Waals surface area contributed by atoms with E-state index in [0.717, 1.165) is 97.8 Å². The lowest BCUT2D eigenvalue weighted by Crippen LogP contribution is -2.04. The van der Waals surface area contributed by atoms with Crippen molar-refractivity contribution in [1.82, 2.24) is 45.8 Å². The van der Waals surface area contributed by atoms with E-state index in [1.807, 2.05) is 66.7 Å². The molecule has 12 rings (SSSR count). The fraction of sp³-hybridized carbons (Fsp3) is 0. The summed E-state index contributed by atoms with van der Waals surface area (Å²) in [4.78, 5) is 13.9. The molecule has 0 radical (unpaired) electrons. The third kappa shape index (κ3) is 4.96. The Morgan fingerprint density at radius 3 is 2.16 bits per heavy atom. The van der Waals surface area contributed by atoms with Crippen LogP contribution in [0.2, 0.25) is 0 Å². The van der Waals surface area contributed by atoms with Crippen molar-refractivity contribution in [2.24, 2.45) is 0 Å². The first-order valence-electron chi connectivity index (χ1n) is 18.5. The average Bonchev–Trinajstić information content (AvgIpc) is 4.11. The summed E-state index contributed by atoms with van der Waals surface area (Å²) in [5.74, 6) is 1.33. The highest BCUT2D eigenvalue weighted by molar-refractivity contribution is 7.22. The highest BCUT2D eigenvalue weighted by atomic mass is 32.1. The van der Waals surface area contributed by atoms with Crippen molar-refractivity contribution in [2.75, 3.05) is 0 Å². The highest BCUT2D eigenvalue weighted by Gasteiger charge is 2.35. The second-order valence-corrected chi connectivity index (χ2v) is 15.0. The standard InChI is InChI=1S/C46H27N9OS/c1-5-15-29-25(11-1)21-33(48-29)39-40(34-24-47-54-55-52-34)43(45-28-14-4-6-16-30(28)51-53-45)44(46-49-31-17-7-8-18-32(31)50-46)41(36-22-26-12-2-9-19-35(26)56-36)42(39)38-23-27-13-3-10-20-37(27)57-38/h1-24,48H,(H,49,50)(H,51,53). The second-order valence-electron chi connectivity index (χ2n) is 13.9. The smallest absolute Gasteiger partial charge is 0.139 e. The van der Waals surface area contributed by atoms with Gasteiger partial charge < -0.3 is 14.4 Å². The summed E-state index contributed by atoms with van der Waals surface area (Å²) in [6.45, 7) is 0. The van der Waals surface area contributed by atoms with Gasteiger partial charge in [-0.25, -0.2) is 4.98 Å². The Balaban J connectivity index is 1.38. The summed E-state index contributed by atoms with van der Waals surface area (Å²) in [5.41, 5.74) is 11.5. The monoisotopic (exact) mass is 753 g/mol. The summed E-state index contributed by atoms with van der Waals surface area (Å²) in [6, 6.07) is 47.7. The number of H-pyrrole nitrogens is 3. The van der Waals surface area contributed by atoms with Crippen molar-refractivity contribution >= 4 is 65.2 Å². The molecule has 11 heteroatoms. The third-order valence-corrected chi connectivity index (χ3v) is 11.8. The molecule has 57 heavy (non-hydrogen) atoms. The van der Waals surface area contributed by atoms with Gasteiger partial charge in [0.05, 0.1) is 22.7 Å². The van der Waals surface area contributed by atoms with E-state index in [0.29, 0.717) is 23.0 Å². The molecular weight excluding hydrogens is 727 g/mol. The molecule has 0 bridgehead atoms. The number of rotatable bonds is 6. The zero-order chi connectivity index (χ0) is 37.5. The number of fused-ring (bicyclic) bond motifs is 5. The Bertz CT molecular complexity index is 3370. The lowest BCUT2D eigenvalue weighted by atomic mass is 9.80. The minimum absolute atomic E-state index is 0.525. The van der Waals surface area contributed by atoms with Gasteiger partial charge in [-0.15, -0.1) is 21.5 Å². The van der Waals surface area contributed by atoms with Crippen LogP contribution in [0.15, 0.2) is 150 Å². The van der Waals surface area contributed by atoms with Crippen molar-refractivity contribution in [3.05, 3.63) is 146 Å². The topological polar surface area (TPSA) is 138 Å². The summed E-state index contributed by atoms with van der Waals surface area (Å²) in [5, 5.41) is 29.5. The van der Waals surface area contributed by atoms with Crippen LogP contribution in [0.5, 0.6) is 0 Å². The third-order valence-electron chi connectivity index (χ3n) is 10.7. The van der Waals surface area contributed by atoms with Gasteiger partial charge >= 0.3 is 0 Å². The Hall–Kier alpha value is -7.76. The number of furan rings is 1. The van der Waals surface area contributed by atoms with Gasteiger partial charge in [0.2, 0.25) is 0 Å². The number of benzene rings is 6. The van der Waals surface area contributed by atoms with Crippen LogP contribution in [0.25, 0.3) is 121 Å². The maximum absolute atomic E-state index is 6.96. The molecule has 0 aliphatic heterocycles. The predicted octanol–water partition coefficient (Wildman–Crippen LogP) is 11.5. The minimum atomic E-state index is 0.525. The number of aromatic nitrogens is 9. The molecule has 12 aromatic rings. The fourth-order valence-corrected chi connectivity index (χ4v) is 9.32. The molecule has 0 amide bonds. The van der Waals surface area contributed by atoms with E-state index >= 15 is 0 Å². The number of thiophene rings is 1. The normalized spacial score (nSPS) is 11.9. The number of nitrogens with zero attached hydrogens (tertiary/aromatic N) is 6. The van der Waals surface area contributed by atoms with Crippen molar-refractivity contribution in [3.63, 3.8) is 0 Å². The van der Waals surface area contributed by atoms with Gasteiger partial charge in [-0.05, 0) is 70.4 Å². The average molecular weight is 754 g/mol. The van der Waals surface area contributed by atoms with Gasteiger partial charge in [-0.3, -0.25) is 5.10 Å². The van der Waals surface area contributed by atoms with Crippen LogP contribution in [0.4, 0.5) is 0 Å². The van der Waals surface area contributed by atoms with Crippen molar-refractivity contribution < 1.29 is 4.42 Å². The highest BCUT2D eigenvalue weighted by Crippen LogP contribution is 2.57. The maximum atomic E-state index is 6.96. The minimum Gasteiger partial charge on any atom is -0.456 e. The zero-order valence-electron chi connectivity index (χ0n) is 29.9. The molecule has 268 valence electrons. The number of aromatic amines is 3. The molecule has 0 aliphatic carbocycles. The molecule has 6 aromatic carbocycles. The fourth-order valence-electron chi connectivity index (χ4n) is 8.20. The van der Waals surface area contributed by atoms with Crippen LogP contribution in [0, 0.1) is 0 Å². The quantitative estimate of drug-likeness (QED) is 0.154. The number of nitrogens with one attached hydrogen (secondary N) is 3. The SMILES string of the molecule is c1ccc2[nH]c(-c3c(-c4cnnnn4)c(-c4n[nH]c5ccccc45)c(-c4nc5ccccc5[nH]4)c(-c4cc5ccccc5o4)c3-c3cc4ccccc4s3)cc2c1. The number of hydrogen-bond acceptors (Lipinski definition) is 8. The second kappa shape index (κ2) is 12.4. The first-order valence-corrected chi connectivity index (χ1v) is 19.3. The van der Waals surface area contributed by atoms with E-state index in [1.165, 1.54) is 0 Å². The summed E-state index contributed by atoms with van der Waals surface area (Å²) >= 11 is 1.73. The Morgan fingerprint density at radius 1 is 0.561 bits per heavy atom. The lowest BCUT2D eigenvalue weighted by molar-refractivity contribution is 0.632. The van der Waals surface area contributed by atoms with E-state index in [2.05, 4.69) is 103 Å². The summed E-state index contributed by atoms with van der Waals surface area (Å²) < 4.78 is 8.11. The van der Waals surface area contributed by atoms with Gasteiger partial charge in [0.1, 0.15) is 28.6 Å². The molecule has 0 saturated carbocycles. The summed E-state index contributed by atoms with van der Waals surface area (Å²) in [6.07, 6.45) is 1.67. The number of para-hydroxylation sites is 5. The van der Waals surface area contributed by atoms with Crippen LogP contribution in [0.1, 0.15) is 0 Å². The van der Waals surface area contributed by atoms with Gasteiger partial charge in [-0.2, -0.15) is 5.10 Å². The Labute approximate surface area is 326 Å². The van der Waals surface area contributed by atoms with Crippen LogP contribution in [0.3, 0.4) is 0 Å². The molecule has 0 atom stereocenters. The Kier molecular flexibility index (Phi) is 6.86. The van der Waals surface area contributed by atoms with Gasteiger partial charge in [-0.1, -0.05) is 84.9 Å². The predicted molar refractivity (Wildman–Crippen MR) is 227 cm³/mol. The van der Waals surface area contributed by atoms with E-state index < -0.39 is 0 Å². The molecule has 0 aliphatic rings. The molecule has 0 fully saturated rings. The molecule has 0 saturated heterocycles. The first kappa shape index (κ1) is 31.6. The van der Waals surface area contributed by atoms with Crippen LogP contribution < -0.4 is 0 Å². The zero-order valence-corrected chi connectivity index (χ0v) is 30.7. The molecule has 0 unspecified atom stereocenters. The molecule has 6 aromatic heterocycles. The van der Waals surface area contributed by atoms with E-state index in [9.17, 15) is 0 Å². The summed E-state index contributed by atoms with van der Waals surface area (Å²) in [7, 11) is 0. The molecular formula is C46H27N9OS. The molecule has 6 heterocycles. The van der Waals surface area contributed by atoms with Gasteiger partial charge in [0.15, 0.2) is 0 Å². The van der Waals surface area contributed by atoms with E-state index in [-0.39, 0.29) is 0 Å². The largest absolute Gasteiger partial charge is 0.456 e. The van der Waals surface area contributed by atoms with Crippen molar-refractivity contribution in [1.29, 1.82) is 0 Å². The van der Waals surface area contributed by atoms with E-state index in [1.54, 1.807) is 17.5 Å². The first-order chi connectivity index (χ1) is 28.2. The molecule has 0 spiro atoms. The molecule has 3 N–H and O–H groups in total. The van der Waals surface area contributed by atoms with Gasteiger partial charge in [0.25, 0.3) is 0 Å². The Morgan fingerprint density at radius 2 is 1.33 bits per heavy atom. The molecule has 10 nitrogen and oxygen atoms in total. The van der Waals surface area contributed by atoms with Crippen molar-refractivity contribution in [3.8, 4) is 66.9 Å².